The molecule has 0 bridgehead atoms. The van der Waals surface area contributed by atoms with Gasteiger partial charge in [-0.15, -0.1) is 0 Å². The van der Waals surface area contributed by atoms with Crippen molar-refractivity contribution in [2.45, 2.75) is 33.2 Å². The first-order chi connectivity index (χ1) is 13.8. The number of carbonyl (C=O) groups is 3. The zero-order valence-electron chi connectivity index (χ0n) is 16.7. The van der Waals surface area contributed by atoms with Crippen LogP contribution in [0.25, 0.3) is 0 Å². The lowest BCUT2D eigenvalue weighted by atomic mass is 10.1. The van der Waals surface area contributed by atoms with E-state index in [0.717, 1.165) is 5.56 Å². The quantitative estimate of drug-likeness (QED) is 0.782. The molecular weight excluding hydrogens is 390 g/mol. The number of rotatable bonds is 5. The third kappa shape index (κ3) is 4.77. The molecule has 1 fully saturated rings. The molecule has 2 aromatic rings. The molecule has 29 heavy (non-hydrogen) atoms. The Balaban J connectivity index is 1.73. The molecule has 1 heterocycles. The van der Waals surface area contributed by atoms with Gasteiger partial charge < -0.3 is 15.5 Å². The molecule has 0 radical (unpaired) electrons. The fraction of sp³-hybridized carbons (Fsp3) is 0.318. The number of amides is 3. The summed E-state index contributed by atoms with van der Waals surface area (Å²) < 4.78 is 0. The van der Waals surface area contributed by atoms with Gasteiger partial charge in [0, 0.05) is 29.7 Å². The van der Waals surface area contributed by atoms with E-state index in [4.69, 9.17) is 11.6 Å². The maximum absolute atomic E-state index is 12.8. The van der Waals surface area contributed by atoms with Gasteiger partial charge in [0.2, 0.25) is 11.8 Å². The minimum Gasteiger partial charge on any atom is -0.350 e. The highest BCUT2D eigenvalue weighted by Gasteiger charge is 2.35. The summed E-state index contributed by atoms with van der Waals surface area (Å²) in [6.45, 7) is 5.90. The molecule has 1 saturated heterocycles. The summed E-state index contributed by atoms with van der Waals surface area (Å²) >= 11 is 6.17. The van der Waals surface area contributed by atoms with Gasteiger partial charge in [0.05, 0.1) is 17.2 Å². The second-order valence-electron chi connectivity index (χ2n) is 7.50. The van der Waals surface area contributed by atoms with Gasteiger partial charge in [-0.25, -0.2) is 0 Å². The lowest BCUT2D eigenvalue weighted by Crippen LogP contribution is -2.32. The Morgan fingerprint density at radius 1 is 1.17 bits per heavy atom. The van der Waals surface area contributed by atoms with Crippen LogP contribution in [0.4, 0.5) is 11.4 Å². The topological polar surface area (TPSA) is 78.5 Å². The first-order valence-electron chi connectivity index (χ1n) is 9.53. The largest absolute Gasteiger partial charge is 0.350 e. The summed E-state index contributed by atoms with van der Waals surface area (Å²) in [5.41, 5.74) is 2.42. The monoisotopic (exact) mass is 413 g/mol. The van der Waals surface area contributed by atoms with Gasteiger partial charge in [-0.2, -0.15) is 0 Å². The lowest BCUT2D eigenvalue weighted by Gasteiger charge is -2.18. The first kappa shape index (κ1) is 20.9. The Morgan fingerprint density at radius 3 is 2.59 bits per heavy atom. The molecule has 0 aliphatic carbocycles. The summed E-state index contributed by atoms with van der Waals surface area (Å²) in [6.07, 6.45) is 0.109. The first-order valence-corrected chi connectivity index (χ1v) is 9.91. The zero-order chi connectivity index (χ0) is 21.1. The van der Waals surface area contributed by atoms with Crippen LogP contribution < -0.4 is 15.5 Å². The average molecular weight is 414 g/mol. The van der Waals surface area contributed by atoms with Gasteiger partial charge in [-0.05, 0) is 50.6 Å². The van der Waals surface area contributed by atoms with E-state index in [0.29, 0.717) is 22.0 Å². The number of hydrogen-bond donors (Lipinski definition) is 2. The molecule has 3 amide bonds. The predicted molar refractivity (Wildman–Crippen MR) is 114 cm³/mol. The maximum atomic E-state index is 12.8. The highest BCUT2D eigenvalue weighted by Crippen LogP contribution is 2.29. The second-order valence-corrected chi connectivity index (χ2v) is 7.91. The zero-order valence-corrected chi connectivity index (χ0v) is 17.4. The Bertz CT molecular complexity index is 958. The summed E-state index contributed by atoms with van der Waals surface area (Å²) in [5, 5.41) is 6.21. The molecule has 0 aromatic heterocycles. The molecule has 2 aromatic carbocycles. The fourth-order valence-electron chi connectivity index (χ4n) is 3.25. The highest BCUT2D eigenvalue weighted by atomic mass is 35.5. The van der Waals surface area contributed by atoms with Crippen molar-refractivity contribution in [3.63, 3.8) is 0 Å². The third-order valence-corrected chi connectivity index (χ3v) is 5.22. The molecule has 1 aliphatic heterocycles. The number of nitrogens with one attached hydrogen (secondary N) is 2. The van der Waals surface area contributed by atoms with Crippen LogP contribution in [0.5, 0.6) is 0 Å². The number of anilines is 2. The van der Waals surface area contributed by atoms with Crippen molar-refractivity contribution in [3.05, 3.63) is 58.6 Å². The van der Waals surface area contributed by atoms with Crippen LogP contribution in [0.3, 0.4) is 0 Å². The van der Waals surface area contributed by atoms with Gasteiger partial charge in [-0.1, -0.05) is 29.8 Å². The number of nitrogens with zero attached hydrogens (tertiary/aromatic N) is 1. The van der Waals surface area contributed by atoms with Crippen molar-refractivity contribution < 1.29 is 14.4 Å². The number of aryl methyl sites for hydroxylation is 1. The smallest absolute Gasteiger partial charge is 0.253 e. The van der Waals surface area contributed by atoms with Crippen molar-refractivity contribution in [1.29, 1.82) is 0 Å². The molecule has 0 saturated carbocycles. The third-order valence-electron chi connectivity index (χ3n) is 4.81. The van der Waals surface area contributed by atoms with Crippen LogP contribution in [0, 0.1) is 12.8 Å². The minimum absolute atomic E-state index is 0.0198. The average Bonchev–Trinajstić information content (AvgIpc) is 3.05. The molecule has 1 unspecified atom stereocenters. The lowest BCUT2D eigenvalue weighted by molar-refractivity contribution is -0.122. The summed E-state index contributed by atoms with van der Waals surface area (Å²) in [4.78, 5) is 39.2. The minimum atomic E-state index is -0.510. The Morgan fingerprint density at radius 2 is 1.90 bits per heavy atom. The molecule has 7 heteroatoms. The molecule has 0 spiro atoms. The number of benzene rings is 2. The molecule has 1 atom stereocenters. The summed E-state index contributed by atoms with van der Waals surface area (Å²) in [6, 6.07) is 12.2. The maximum Gasteiger partial charge on any atom is 0.253 e. The summed E-state index contributed by atoms with van der Waals surface area (Å²) in [5.74, 6) is -1.18. The van der Waals surface area contributed by atoms with E-state index in [1.807, 2.05) is 32.9 Å². The van der Waals surface area contributed by atoms with Crippen molar-refractivity contribution in [2.75, 3.05) is 16.8 Å². The van der Waals surface area contributed by atoms with Crippen molar-refractivity contribution in [1.82, 2.24) is 5.32 Å². The number of halogens is 1. The van der Waals surface area contributed by atoms with E-state index in [2.05, 4.69) is 10.6 Å². The normalized spacial score (nSPS) is 16.2. The van der Waals surface area contributed by atoms with E-state index in [-0.39, 0.29) is 36.7 Å². The van der Waals surface area contributed by atoms with E-state index >= 15 is 0 Å². The van der Waals surface area contributed by atoms with Crippen molar-refractivity contribution in [2.24, 2.45) is 5.92 Å². The fourth-order valence-corrected chi connectivity index (χ4v) is 3.42. The Kier molecular flexibility index (Phi) is 6.23. The number of carbonyl (C=O) groups excluding carboxylic acids is 3. The van der Waals surface area contributed by atoms with Crippen LogP contribution >= 0.6 is 11.6 Å². The van der Waals surface area contributed by atoms with E-state index in [1.165, 1.54) is 0 Å². The van der Waals surface area contributed by atoms with Crippen LogP contribution in [0.2, 0.25) is 5.02 Å². The van der Waals surface area contributed by atoms with Gasteiger partial charge in [0.1, 0.15) is 0 Å². The van der Waals surface area contributed by atoms with Crippen LogP contribution in [0.15, 0.2) is 42.5 Å². The van der Waals surface area contributed by atoms with Crippen LogP contribution in [0.1, 0.15) is 36.2 Å². The van der Waals surface area contributed by atoms with E-state index in [1.54, 1.807) is 35.2 Å². The highest BCUT2D eigenvalue weighted by molar-refractivity contribution is 6.31. The standard InChI is InChI=1S/C22H24ClN3O3/c1-13(2)24-22(29)17-6-4-5-7-19(17)25-21(28)15-10-20(27)26(12-15)16-9-8-14(3)18(23)11-16/h4-9,11,13,15H,10,12H2,1-3H3,(H,24,29)(H,25,28). The SMILES string of the molecule is Cc1ccc(N2CC(C(=O)Nc3ccccc3C(=O)NC(C)C)CC2=O)cc1Cl. The van der Waals surface area contributed by atoms with Crippen LogP contribution in [-0.4, -0.2) is 30.3 Å². The van der Waals surface area contributed by atoms with Gasteiger partial charge in [0.15, 0.2) is 0 Å². The number of para-hydroxylation sites is 1. The second kappa shape index (κ2) is 8.66. The van der Waals surface area contributed by atoms with Gasteiger partial charge >= 0.3 is 0 Å². The Hall–Kier alpha value is -2.86. The molecule has 152 valence electrons. The van der Waals surface area contributed by atoms with Crippen molar-refractivity contribution >= 4 is 40.7 Å². The van der Waals surface area contributed by atoms with Crippen LogP contribution in [-0.2, 0) is 9.59 Å². The predicted octanol–water partition coefficient (Wildman–Crippen LogP) is 3.78. The molecule has 6 nitrogen and oxygen atoms in total. The van der Waals surface area contributed by atoms with E-state index in [9.17, 15) is 14.4 Å². The molecular formula is C22H24ClN3O3. The molecule has 1 aliphatic rings. The molecule has 3 rings (SSSR count). The number of hydrogen-bond acceptors (Lipinski definition) is 3. The summed E-state index contributed by atoms with van der Waals surface area (Å²) in [7, 11) is 0. The van der Waals surface area contributed by atoms with E-state index < -0.39 is 5.92 Å². The Labute approximate surface area is 175 Å². The van der Waals surface area contributed by atoms with Crippen molar-refractivity contribution in [3.8, 4) is 0 Å². The molecule has 2 N–H and O–H groups in total. The van der Waals surface area contributed by atoms with Gasteiger partial charge in [0.25, 0.3) is 5.91 Å². The van der Waals surface area contributed by atoms with Gasteiger partial charge in [-0.3, -0.25) is 14.4 Å².